The van der Waals surface area contributed by atoms with Gasteiger partial charge in [-0.1, -0.05) is 25.7 Å². The fourth-order valence-corrected chi connectivity index (χ4v) is 2.60. The van der Waals surface area contributed by atoms with Gasteiger partial charge in [0.05, 0.1) is 0 Å². The second kappa shape index (κ2) is 5.83. The minimum absolute atomic E-state index is 0.760. The molecule has 88 valence electrons. The smallest absolute Gasteiger partial charge is 0.0259 e. The fraction of sp³-hybridized carbons (Fsp3) is 1.00. The molecule has 0 aromatic rings. The molecule has 0 unspecified atom stereocenters. The van der Waals surface area contributed by atoms with Crippen molar-refractivity contribution in [1.29, 1.82) is 0 Å². The van der Waals surface area contributed by atoms with Crippen molar-refractivity contribution in [2.45, 2.75) is 44.6 Å². The molecule has 0 aromatic carbocycles. The number of nitrogens with zero attached hydrogens (tertiary/aromatic N) is 2. The second-order valence-corrected chi connectivity index (χ2v) is 5.11. The highest BCUT2D eigenvalue weighted by atomic mass is 15.5. The first-order valence-electron chi connectivity index (χ1n) is 6.54. The lowest BCUT2D eigenvalue weighted by Crippen LogP contribution is -2.53. The summed E-state index contributed by atoms with van der Waals surface area (Å²) in [7, 11) is 2.21. The molecule has 2 aliphatic rings. The normalized spacial score (nSPS) is 27.8. The summed E-state index contributed by atoms with van der Waals surface area (Å²) in [4.78, 5) is 2.41. The Balaban J connectivity index is 1.70. The van der Waals surface area contributed by atoms with Crippen LogP contribution < -0.4 is 5.43 Å². The molecule has 0 bridgehead atoms. The van der Waals surface area contributed by atoms with E-state index in [1.54, 1.807) is 0 Å². The van der Waals surface area contributed by atoms with Crippen molar-refractivity contribution in [3.8, 4) is 0 Å². The molecule has 2 rings (SSSR count). The predicted molar refractivity (Wildman–Crippen MR) is 63.7 cm³/mol. The molecule has 1 aliphatic heterocycles. The van der Waals surface area contributed by atoms with Crippen molar-refractivity contribution in [2.75, 3.05) is 33.2 Å². The van der Waals surface area contributed by atoms with Crippen LogP contribution in [0.5, 0.6) is 0 Å². The summed E-state index contributed by atoms with van der Waals surface area (Å²) in [5, 5.41) is 2.44. The van der Waals surface area contributed by atoms with Gasteiger partial charge < -0.3 is 4.90 Å². The summed E-state index contributed by atoms with van der Waals surface area (Å²) in [6, 6.07) is 0.760. The Labute approximate surface area is 93.8 Å². The van der Waals surface area contributed by atoms with Crippen LogP contribution in [0.15, 0.2) is 0 Å². The maximum Gasteiger partial charge on any atom is 0.0259 e. The molecule has 2 fully saturated rings. The zero-order valence-corrected chi connectivity index (χ0v) is 10.0. The highest BCUT2D eigenvalue weighted by molar-refractivity contribution is 4.73. The summed E-state index contributed by atoms with van der Waals surface area (Å²) in [5.41, 5.74) is 3.73. The lowest BCUT2D eigenvalue weighted by Gasteiger charge is -2.35. The minimum Gasteiger partial charge on any atom is -0.304 e. The molecule has 0 amide bonds. The van der Waals surface area contributed by atoms with E-state index in [4.69, 9.17) is 0 Å². The quantitative estimate of drug-likeness (QED) is 0.698. The monoisotopic (exact) mass is 211 g/mol. The van der Waals surface area contributed by atoms with E-state index < -0.39 is 0 Å². The lowest BCUT2D eigenvalue weighted by molar-refractivity contribution is 0.0834. The van der Waals surface area contributed by atoms with Crippen molar-refractivity contribution in [2.24, 2.45) is 0 Å². The number of piperazine rings is 1. The molecule has 15 heavy (non-hydrogen) atoms. The van der Waals surface area contributed by atoms with Gasteiger partial charge in [-0.3, -0.25) is 5.43 Å². The van der Waals surface area contributed by atoms with E-state index in [-0.39, 0.29) is 0 Å². The fourth-order valence-electron chi connectivity index (χ4n) is 2.60. The Kier molecular flexibility index (Phi) is 4.42. The van der Waals surface area contributed by atoms with Crippen LogP contribution in [-0.2, 0) is 0 Å². The van der Waals surface area contributed by atoms with Crippen LogP contribution in [0.2, 0.25) is 0 Å². The topological polar surface area (TPSA) is 18.5 Å². The van der Waals surface area contributed by atoms with Gasteiger partial charge in [-0.15, -0.1) is 0 Å². The maximum absolute atomic E-state index is 3.73. The highest BCUT2D eigenvalue weighted by Gasteiger charge is 2.18. The second-order valence-electron chi connectivity index (χ2n) is 5.11. The van der Waals surface area contributed by atoms with Crippen LogP contribution in [0.1, 0.15) is 38.5 Å². The summed E-state index contributed by atoms with van der Waals surface area (Å²) in [6.45, 7) is 4.79. The zero-order chi connectivity index (χ0) is 10.5. The van der Waals surface area contributed by atoms with Crippen molar-refractivity contribution >= 4 is 0 Å². The SMILES string of the molecule is CN1CCN(NC2CCCCCC2)CC1. The molecule has 3 heteroatoms. The number of rotatable bonds is 2. The first kappa shape index (κ1) is 11.4. The first-order valence-corrected chi connectivity index (χ1v) is 6.54. The van der Waals surface area contributed by atoms with Gasteiger partial charge in [0.15, 0.2) is 0 Å². The third-order valence-corrected chi connectivity index (χ3v) is 3.72. The van der Waals surface area contributed by atoms with Crippen LogP contribution in [0.4, 0.5) is 0 Å². The predicted octanol–water partition coefficient (Wildman–Crippen LogP) is 1.46. The molecular formula is C12H25N3. The highest BCUT2D eigenvalue weighted by Crippen LogP contribution is 2.17. The molecule has 0 spiro atoms. The minimum atomic E-state index is 0.760. The van der Waals surface area contributed by atoms with E-state index >= 15 is 0 Å². The molecule has 0 aromatic heterocycles. The van der Waals surface area contributed by atoms with Crippen LogP contribution in [0.25, 0.3) is 0 Å². The molecule has 1 saturated heterocycles. The Morgan fingerprint density at radius 3 is 2.07 bits per heavy atom. The van der Waals surface area contributed by atoms with Crippen LogP contribution >= 0.6 is 0 Å². The van der Waals surface area contributed by atoms with E-state index in [9.17, 15) is 0 Å². The summed E-state index contributed by atoms with van der Waals surface area (Å²) < 4.78 is 0. The number of hydrogen-bond donors (Lipinski definition) is 1. The van der Waals surface area contributed by atoms with E-state index in [2.05, 4.69) is 22.4 Å². The van der Waals surface area contributed by atoms with Crippen molar-refractivity contribution in [3.05, 3.63) is 0 Å². The summed E-state index contributed by atoms with van der Waals surface area (Å²) in [6.07, 6.45) is 8.50. The molecule has 3 nitrogen and oxygen atoms in total. The van der Waals surface area contributed by atoms with Gasteiger partial charge in [0.2, 0.25) is 0 Å². The summed E-state index contributed by atoms with van der Waals surface area (Å²) >= 11 is 0. The van der Waals surface area contributed by atoms with E-state index in [1.807, 2.05) is 0 Å². The molecule has 0 radical (unpaired) electrons. The number of likely N-dealkylation sites (N-methyl/N-ethyl adjacent to an activating group) is 1. The van der Waals surface area contributed by atoms with Crippen molar-refractivity contribution < 1.29 is 0 Å². The van der Waals surface area contributed by atoms with Crippen LogP contribution in [0, 0.1) is 0 Å². The van der Waals surface area contributed by atoms with Gasteiger partial charge in [-0.25, -0.2) is 5.01 Å². The standard InChI is InChI=1S/C12H25N3/c1-14-8-10-15(11-9-14)13-12-6-4-2-3-5-7-12/h12-13H,2-11H2,1H3. The maximum atomic E-state index is 3.73. The van der Waals surface area contributed by atoms with Gasteiger partial charge >= 0.3 is 0 Å². The molecule has 1 aliphatic carbocycles. The molecule has 1 saturated carbocycles. The summed E-state index contributed by atoms with van der Waals surface area (Å²) in [5.74, 6) is 0. The van der Waals surface area contributed by atoms with Gasteiger partial charge in [0, 0.05) is 32.2 Å². The van der Waals surface area contributed by atoms with Gasteiger partial charge in [-0.2, -0.15) is 0 Å². The zero-order valence-electron chi connectivity index (χ0n) is 10.0. The third kappa shape index (κ3) is 3.74. The van der Waals surface area contributed by atoms with E-state index in [0.29, 0.717) is 0 Å². The Hall–Kier alpha value is -0.120. The first-order chi connectivity index (χ1) is 7.34. The Morgan fingerprint density at radius 1 is 0.867 bits per heavy atom. The van der Waals surface area contributed by atoms with Crippen molar-refractivity contribution in [1.82, 2.24) is 15.3 Å². The number of nitrogens with one attached hydrogen (secondary N) is 1. The third-order valence-electron chi connectivity index (χ3n) is 3.72. The molecule has 1 N–H and O–H groups in total. The van der Waals surface area contributed by atoms with E-state index in [0.717, 1.165) is 6.04 Å². The number of hydrogen-bond acceptors (Lipinski definition) is 3. The largest absolute Gasteiger partial charge is 0.304 e. The molecular weight excluding hydrogens is 186 g/mol. The van der Waals surface area contributed by atoms with Crippen molar-refractivity contribution in [3.63, 3.8) is 0 Å². The average molecular weight is 211 g/mol. The Bertz CT molecular complexity index is 168. The number of hydrazine groups is 1. The molecule has 0 atom stereocenters. The average Bonchev–Trinajstić information content (AvgIpc) is 2.50. The van der Waals surface area contributed by atoms with Gasteiger partial charge in [0.1, 0.15) is 0 Å². The van der Waals surface area contributed by atoms with Gasteiger partial charge in [0.25, 0.3) is 0 Å². The molecule has 1 heterocycles. The van der Waals surface area contributed by atoms with Crippen LogP contribution in [-0.4, -0.2) is 49.2 Å². The Morgan fingerprint density at radius 2 is 1.47 bits per heavy atom. The van der Waals surface area contributed by atoms with E-state index in [1.165, 1.54) is 64.7 Å². The van der Waals surface area contributed by atoms with Gasteiger partial charge in [-0.05, 0) is 19.9 Å². The lowest BCUT2D eigenvalue weighted by atomic mass is 10.1. The van der Waals surface area contributed by atoms with Crippen LogP contribution in [0.3, 0.4) is 0 Å².